The van der Waals surface area contributed by atoms with E-state index in [0.29, 0.717) is 13.7 Å². The third kappa shape index (κ3) is 11.3. The normalized spacial score (nSPS) is 22.0. The van der Waals surface area contributed by atoms with Crippen LogP contribution in [0, 0.1) is 11.8 Å². The molecule has 7 atom stereocenters. The molecule has 2 saturated heterocycles. The second-order valence-electron chi connectivity index (χ2n) is 17.5. The molecular weight excluding hydrogens is 822 g/mol. The quantitative estimate of drug-likeness (QED) is 0.0679. The van der Waals surface area contributed by atoms with Crippen LogP contribution in [0.25, 0.3) is 0 Å². The van der Waals surface area contributed by atoms with E-state index in [9.17, 15) is 53.4 Å². The largest absolute Gasteiger partial charge is 0.462 e. The van der Waals surface area contributed by atoms with Crippen LogP contribution in [0.4, 0.5) is 4.79 Å². The lowest BCUT2D eigenvalue weighted by Gasteiger charge is -2.32. The predicted octanol–water partition coefficient (Wildman–Crippen LogP) is -1.13. The average molecular weight is 880 g/mol. The minimum absolute atomic E-state index is 0.145. The molecule has 3 aliphatic heterocycles. The monoisotopic (exact) mass is 879 g/mol. The summed E-state index contributed by atoms with van der Waals surface area (Å²) in [5.74, 6) is -6.32. The SMILES string of the molecule is C=CCn1c(=O)n(CC(=O)OCC(O)CN2C(=O)N(CC(O)CC(C)(C)OC(=O)C3C4C=CC(O4)C3C(=O)OC(C)COC)C(=O)C2(C)C)c(=O)n(CC(=O)OC(C)(C)C)c1=O. The van der Waals surface area contributed by atoms with Crippen molar-refractivity contribution in [2.24, 2.45) is 11.8 Å². The summed E-state index contributed by atoms with van der Waals surface area (Å²) < 4.78 is 33.7. The molecule has 22 heteroatoms. The van der Waals surface area contributed by atoms with Crippen molar-refractivity contribution in [3.8, 4) is 0 Å². The number of fused-ring (bicyclic) bond motifs is 2. The third-order valence-corrected chi connectivity index (χ3v) is 10.1. The van der Waals surface area contributed by atoms with Gasteiger partial charge in [0, 0.05) is 13.5 Å². The van der Waals surface area contributed by atoms with Gasteiger partial charge in [0.25, 0.3) is 5.91 Å². The third-order valence-electron chi connectivity index (χ3n) is 10.1. The van der Waals surface area contributed by atoms with Crippen molar-refractivity contribution in [1.82, 2.24) is 23.5 Å². The second-order valence-corrected chi connectivity index (χ2v) is 17.5. The van der Waals surface area contributed by atoms with Crippen LogP contribution in [-0.4, -0.2) is 150 Å². The maximum absolute atomic E-state index is 13.6. The van der Waals surface area contributed by atoms with E-state index in [4.69, 9.17) is 28.4 Å². The number of carbonyl (C=O) groups is 6. The summed E-state index contributed by atoms with van der Waals surface area (Å²) in [6, 6.07) is -0.893. The Balaban J connectivity index is 1.36. The van der Waals surface area contributed by atoms with Crippen LogP contribution in [0.15, 0.2) is 39.2 Å². The fourth-order valence-corrected chi connectivity index (χ4v) is 7.39. The Kier molecular flexibility index (Phi) is 15.3. The molecule has 0 saturated carbocycles. The highest BCUT2D eigenvalue weighted by Gasteiger charge is 2.56. The summed E-state index contributed by atoms with van der Waals surface area (Å²) in [5.41, 5.74) is -7.51. The van der Waals surface area contributed by atoms with Gasteiger partial charge in [-0.3, -0.25) is 28.9 Å². The number of amides is 3. The number of allylic oxidation sites excluding steroid dienone is 1. The molecule has 0 aromatic carbocycles. The number of methoxy groups -OCH3 is 1. The molecule has 2 N–H and O–H groups in total. The van der Waals surface area contributed by atoms with E-state index in [1.165, 1.54) is 40.9 Å². The lowest BCUT2D eigenvalue weighted by atomic mass is 9.83. The Bertz CT molecular complexity index is 2130. The maximum atomic E-state index is 13.6. The molecule has 0 spiro atoms. The van der Waals surface area contributed by atoms with E-state index in [1.807, 2.05) is 0 Å². The van der Waals surface area contributed by atoms with E-state index >= 15 is 0 Å². The zero-order valence-corrected chi connectivity index (χ0v) is 36.4. The fraction of sp³-hybridized carbons (Fsp3) is 0.675. The summed E-state index contributed by atoms with van der Waals surface area (Å²) >= 11 is 0. The Morgan fingerprint density at radius 1 is 0.823 bits per heavy atom. The molecule has 22 nitrogen and oxygen atoms in total. The van der Waals surface area contributed by atoms with Gasteiger partial charge >= 0.3 is 47.0 Å². The van der Waals surface area contributed by atoms with Gasteiger partial charge in [-0.25, -0.2) is 32.9 Å². The van der Waals surface area contributed by atoms with E-state index < -0.39 is 145 Å². The summed E-state index contributed by atoms with van der Waals surface area (Å²) in [7, 11) is 1.46. The molecule has 0 aliphatic carbocycles. The van der Waals surface area contributed by atoms with E-state index in [-0.39, 0.29) is 19.6 Å². The molecule has 7 unspecified atom stereocenters. The van der Waals surface area contributed by atoms with Gasteiger partial charge in [0.15, 0.2) is 0 Å². The van der Waals surface area contributed by atoms with Gasteiger partial charge in [0.2, 0.25) is 0 Å². The lowest BCUT2D eigenvalue weighted by Crippen LogP contribution is -2.56. The number of aromatic nitrogens is 3. The Labute approximate surface area is 356 Å². The van der Waals surface area contributed by atoms with Crippen LogP contribution in [0.2, 0.25) is 0 Å². The van der Waals surface area contributed by atoms with Crippen molar-refractivity contribution in [3.05, 3.63) is 56.3 Å². The first-order valence-corrected chi connectivity index (χ1v) is 19.9. The van der Waals surface area contributed by atoms with Gasteiger partial charge in [-0.2, -0.15) is 0 Å². The van der Waals surface area contributed by atoms with Gasteiger partial charge in [0.05, 0.1) is 44.6 Å². The number of aliphatic hydroxyl groups is 2. The molecule has 2 fully saturated rings. The minimum Gasteiger partial charge on any atom is -0.462 e. The summed E-state index contributed by atoms with van der Waals surface area (Å²) in [6.45, 7) is 11.7. The van der Waals surface area contributed by atoms with Crippen LogP contribution < -0.4 is 17.1 Å². The van der Waals surface area contributed by atoms with Gasteiger partial charge in [0.1, 0.15) is 60.5 Å². The standard InChI is InChI=1S/C40H57N5O17/c1-11-14-41-34(53)43(36(55)44(35(41)54)19-28(49)61-38(3,4)5)18-27(48)58-21-24(47)17-45-37(56)42(33(52)40(45,8)9)16-23(46)15-39(6,7)62-32(51)30-26-13-12-25(60-26)29(30)31(50)59-22(2)20-57-10/h11-13,22-26,29-30,46-47H,1,14-21H2,2-10H3. The summed E-state index contributed by atoms with van der Waals surface area (Å²) in [6.07, 6.45) is -0.730. The van der Waals surface area contributed by atoms with Crippen molar-refractivity contribution in [2.75, 3.05) is 33.4 Å². The van der Waals surface area contributed by atoms with Gasteiger partial charge in [-0.1, -0.05) is 18.2 Å². The number of β-amino-alcohol motifs (C(OH)–C–C–N with tert-alkyl or cyclic N) is 2. The number of esters is 4. The van der Waals surface area contributed by atoms with Gasteiger partial charge in [-0.15, -0.1) is 6.58 Å². The van der Waals surface area contributed by atoms with Gasteiger partial charge in [-0.05, 0) is 55.4 Å². The number of ether oxygens (including phenoxy) is 6. The predicted molar refractivity (Wildman–Crippen MR) is 213 cm³/mol. The van der Waals surface area contributed by atoms with Crippen LogP contribution in [-0.2, 0) is 72.0 Å². The number of urea groups is 1. The minimum atomic E-state index is -1.59. The number of carbonyl (C=O) groups excluding carboxylic acids is 6. The number of hydrogen-bond acceptors (Lipinski definition) is 17. The van der Waals surface area contributed by atoms with Crippen molar-refractivity contribution < 1.29 is 67.4 Å². The van der Waals surface area contributed by atoms with Crippen molar-refractivity contribution in [2.45, 2.75) is 129 Å². The first kappa shape index (κ1) is 49.2. The average Bonchev–Trinajstić information content (AvgIpc) is 3.81. The Morgan fingerprint density at radius 3 is 1.92 bits per heavy atom. The molecule has 0 radical (unpaired) electrons. The van der Waals surface area contributed by atoms with Gasteiger partial charge < -0.3 is 43.5 Å². The van der Waals surface area contributed by atoms with Crippen LogP contribution in [0.1, 0.15) is 61.8 Å². The summed E-state index contributed by atoms with van der Waals surface area (Å²) in [4.78, 5) is 120. The van der Waals surface area contributed by atoms with E-state index in [2.05, 4.69) is 6.58 Å². The molecule has 4 heterocycles. The smallest absolute Gasteiger partial charge is 0.337 e. The second kappa shape index (κ2) is 19.3. The molecule has 2 bridgehead atoms. The highest BCUT2D eigenvalue weighted by Crippen LogP contribution is 2.41. The lowest BCUT2D eigenvalue weighted by molar-refractivity contribution is -0.172. The molecule has 4 rings (SSSR count). The van der Waals surface area contributed by atoms with Crippen LogP contribution >= 0.6 is 0 Å². The first-order valence-electron chi connectivity index (χ1n) is 19.9. The topological polar surface area (TPSA) is 271 Å². The molecular formula is C40H57N5O17. The number of hydrogen-bond donors (Lipinski definition) is 2. The molecule has 1 aromatic heterocycles. The molecule has 3 amide bonds. The molecule has 3 aliphatic rings. The number of imide groups is 1. The maximum Gasteiger partial charge on any atom is 0.337 e. The molecule has 1 aromatic rings. The van der Waals surface area contributed by atoms with E-state index in [0.717, 1.165) is 9.80 Å². The fourth-order valence-electron chi connectivity index (χ4n) is 7.39. The Morgan fingerprint density at radius 2 is 1.37 bits per heavy atom. The highest BCUT2D eigenvalue weighted by atomic mass is 16.6. The first-order chi connectivity index (χ1) is 28.7. The molecule has 344 valence electrons. The van der Waals surface area contributed by atoms with Crippen molar-refractivity contribution >= 4 is 35.8 Å². The molecule has 62 heavy (non-hydrogen) atoms. The number of rotatable bonds is 20. The number of nitrogens with zero attached hydrogens (tertiary/aromatic N) is 5. The summed E-state index contributed by atoms with van der Waals surface area (Å²) in [5, 5.41) is 21.9. The van der Waals surface area contributed by atoms with Crippen LogP contribution in [0.3, 0.4) is 0 Å². The van der Waals surface area contributed by atoms with Crippen molar-refractivity contribution in [1.29, 1.82) is 0 Å². The Hall–Kier alpha value is -5.45. The highest BCUT2D eigenvalue weighted by molar-refractivity contribution is 6.06. The zero-order valence-electron chi connectivity index (χ0n) is 36.4. The van der Waals surface area contributed by atoms with Crippen molar-refractivity contribution in [3.63, 3.8) is 0 Å². The van der Waals surface area contributed by atoms with E-state index in [1.54, 1.807) is 39.8 Å². The zero-order chi connectivity index (χ0) is 46.6. The van der Waals surface area contributed by atoms with Crippen LogP contribution in [0.5, 0.6) is 0 Å². The number of aliphatic hydroxyl groups excluding tert-OH is 2.